The van der Waals surface area contributed by atoms with Gasteiger partial charge in [0.2, 0.25) is 0 Å². The van der Waals surface area contributed by atoms with E-state index in [9.17, 15) is 14.0 Å². The van der Waals surface area contributed by atoms with Crippen molar-refractivity contribution in [3.63, 3.8) is 0 Å². The lowest BCUT2D eigenvalue weighted by atomic mass is 10.1. The van der Waals surface area contributed by atoms with Gasteiger partial charge in [-0.15, -0.1) is 0 Å². The maximum absolute atomic E-state index is 13.7. The Morgan fingerprint density at radius 3 is 2.54 bits per heavy atom. The summed E-state index contributed by atoms with van der Waals surface area (Å²) in [6, 6.07) is 10.3. The monoisotopic (exact) mass is 388 g/mol. The van der Waals surface area contributed by atoms with Crippen LogP contribution in [0.25, 0.3) is 0 Å². The van der Waals surface area contributed by atoms with Crippen LogP contribution >= 0.6 is 0 Å². The molecule has 28 heavy (non-hydrogen) atoms. The molecule has 1 fully saturated rings. The molecular weight excluding hydrogens is 367 g/mol. The van der Waals surface area contributed by atoms with Gasteiger partial charge in [-0.05, 0) is 55.3 Å². The van der Waals surface area contributed by atoms with Crippen molar-refractivity contribution < 1.29 is 32.9 Å². The molecule has 0 saturated carbocycles. The van der Waals surface area contributed by atoms with Gasteiger partial charge in [-0.25, -0.2) is 9.18 Å². The van der Waals surface area contributed by atoms with Crippen molar-refractivity contribution in [2.45, 2.75) is 18.9 Å². The molecule has 0 amide bonds. The molecule has 0 spiro atoms. The zero-order valence-corrected chi connectivity index (χ0v) is 15.5. The average Bonchev–Trinajstić information content (AvgIpc) is 3.24. The molecule has 0 N–H and O–H groups in total. The van der Waals surface area contributed by atoms with Crippen LogP contribution in [0.5, 0.6) is 11.5 Å². The van der Waals surface area contributed by atoms with E-state index in [1.54, 1.807) is 24.3 Å². The Kier molecular flexibility index (Phi) is 6.60. The summed E-state index contributed by atoms with van der Waals surface area (Å²) in [7, 11) is 1.33. The number of ether oxygens (including phenoxy) is 4. The van der Waals surface area contributed by atoms with Crippen LogP contribution in [-0.2, 0) is 9.47 Å². The van der Waals surface area contributed by atoms with Gasteiger partial charge in [0.25, 0.3) is 0 Å². The first-order chi connectivity index (χ1) is 13.6. The first kappa shape index (κ1) is 19.8. The molecule has 0 radical (unpaired) electrons. The number of rotatable bonds is 8. The molecule has 1 saturated heterocycles. The lowest BCUT2D eigenvalue weighted by molar-refractivity contribution is 0.0474. The van der Waals surface area contributed by atoms with Gasteiger partial charge in [0.1, 0.15) is 12.4 Å². The van der Waals surface area contributed by atoms with Gasteiger partial charge in [0.15, 0.2) is 24.0 Å². The first-order valence-corrected chi connectivity index (χ1v) is 8.95. The number of halogens is 1. The quantitative estimate of drug-likeness (QED) is 0.510. The van der Waals surface area contributed by atoms with Crippen molar-refractivity contribution in [3.8, 4) is 11.5 Å². The first-order valence-electron chi connectivity index (χ1n) is 8.95. The van der Waals surface area contributed by atoms with E-state index in [1.165, 1.54) is 19.2 Å². The van der Waals surface area contributed by atoms with Gasteiger partial charge in [0.05, 0.1) is 18.8 Å². The van der Waals surface area contributed by atoms with Crippen molar-refractivity contribution in [2.75, 3.05) is 26.9 Å². The summed E-state index contributed by atoms with van der Waals surface area (Å²) >= 11 is 0. The van der Waals surface area contributed by atoms with Crippen LogP contribution in [0, 0.1) is 5.82 Å². The third kappa shape index (κ3) is 5.07. The number of esters is 1. The van der Waals surface area contributed by atoms with Gasteiger partial charge in [-0.1, -0.05) is 0 Å². The summed E-state index contributed by atoms with van der Waals surface area (Å²) in [5, 5.41) is 0. The fourth-order valence-electron chi connectivity index (χ4n) is 2.79. The Hall–Kier alpha value is -2.93. The van der Waals surface area contributed by atoms with Crippen LogP contribution < -0.4 is 9.47 Å². The summed E-state index contributed by atoms with van der Waals surface area (Å²) in [5.41, 5.74) is 0.391. The highest BCUT2D eigenvalue weighted by Crippen LogP contribution is 2.19. The number of benzene rings is 2. The van der Waals surface area contributed by atoms with Crippen molar-refractivity contribution in [3.05, 3.63) is 59.4 Å². The lowest BCUT2D eigenvalue weighted by Crippen LogP contribution is -2.16. The minimum atomic E-state index is -0.654. The molecule has 2 aromatic carbocycles. The normalized spacial score (nSPS) is 15.9. The molecule has 2 aromatic rings. The molecule has 148 valence electrons. The predicted molar refractivity (Wildman–Crippen MR) is 98.5 cm³/mol. The van der Waals surface area contributed by atoms with E-state index in [0.717, 1.165) is 25.5 Å². The average molecular weight is 388 g/mol. The smallest absolute Gasteiger partial charge is 0.338 e. The molecule has 1 aliphatic heterocycles. The Bertz CT molecular complexity index is 827. The maximum Gasteiger partial charge on any atom is 0.338 e. The highest BCUT2D eigenvalue weighted by atomic mass is 19.1. The standard InChI is InChI=1S/C21H21FO6/c1-25-20-9-6-15(11-18(20)22)19(23)13-28-21(24)14-4-7-16(8-5-14)27-12-17-3-2-10-26-17/h4-9,11,17H,2-3,10,12-13H2,1H3/t17-/m1/s1. The Morgan fingerprint density at radius 2 is 1.89 bits per heavy atom. The van der Waals surface area contributed by atoms with Crippen molar-refractivity contribution in [2.24, 2.45) is 0 Å². The highest BCUT2D eigenvalue weighted by Gasteiger charge is 2.17. The third-order valence-corrected chi connectivity index (χ3v) is 4.36. The molecule has 0 aromatic heterocycles. The molecular formula is C21H21FO6. The molecule has 0 aliphatic carbocycles. The number of Topliss-reactive ketones (excluding diaryl/α,β-unsaturated/α-hetero) is 1. The second-order valence-corrected chi connectivity index (χ2v) is 6.32. The molecule has 1 atom stereocenters. The molecule has 0 unspecified atom stereocenters. The molecule has 7 heteroatoms. The zero-order chi connectivity index (χ0) is 19.9. The summed E-state index contributed by atoms with van der Waals surface area (Å²) in [6.45, 7) is 0.749. The van der Waals surface area contributed by atoms with E-state index in [-0.39, 0.29) is 23.0 Å². The number of hydrogen-bond acceptors (Lipinski definition) is 6. The summed E-state index contributed by atoms with van der Waals surface area (Å²) in [4.78, 5) is 24.2. The molecule has 3 rings (SSSR count). The van der Waals surface area contributed by atoms with Crippen molar-refractivity contribution in [1.29, 1.82) is 0 Å². The van der Waals surface area contributed by atoms with E-state index in [4.69, 9.17) is 18.9 Å². The predicted octanol–water partition coefficient (Wildman–Crippen LogP) is 3.43. The van der Waals surface area contributed by atoms with E-state index in [2.05, 4.69) is 0 Å². The van der Waals surface area contributed by atoms with E-state index >= 15 is 0 Å². The Balaban J connectivity index is 1.50. The largest absolute Gasteiger partial charge is 0.494 e. The number of carbonyl (C=O) groups excluding carboxylic acids is 2. The third-order valence-electron chi connectivity index (χ3n) is 4.36. The van der Waals surface area contributed by atoms with Crippen LogP contribution in [0.15, 0.2) is 42.5 Å². The summed E-state index contributed by atoms with van der Waals surface area (Å²) < 4.78 is 34.6. The highest BCUT2D eigenvalue weighted by molar-refractivity contribution is 5.99. The number of carbonyl (C=O) groups is 2. The lowest BCUT2D eigenvalue weighted by Gasteiger charge is -2.11. The SMILES string of the molecule is COc1ccc(C(=O)COC(=O)c2ccc(OC[C@H]3CCCO3)cc2)cc1F. The topological polar surface area (TPSA) is 71.1 Å². The van der Waals surface area contributed by atoms with E-state index in [1.807, 2.05) is 0 Å². The fraction of sp³-hybridized carbons (Fsp3) is 0.333. The Labute approximate surface area is 162 Å². The number of methoxy groups -OCH3 is 1. The van der Waals surface area contributed by atoms with Crippen LogP contribution in [0.3, 0.4) is 0 Å². The zero-order valence-electron chi connectivity index (χ0n) is 15.5. The maximum atomic E-state index is 13.7. The summed E-state index contributed by atoms with van der Waals surface area (Å²) in [6.07, 6.45) is 2.13. The van der Waals surface area contributed by atoms with Gasteiger partial charge in [-0.2, -0.15) is 0 Å². The van der Waals surface area contributed by atoms with E-state index in [0.29, 0.717) is 12.4 Å². The van der Waals surface area contributed by atoms with Gasteiger partial charge < -0.3 is 18.9 Å². The molecule has 1 heterocycles. The second kappa shape index (κ2) is 9.32. The Morgan fingerprint density at radius 1 is 1.14 bits per heavy atom. The molecule has 6 nitrogen and oxygen atoms in total. The van der Waals surface area contributed by atoms with Crippen molar-refractivity contribution >= 4 is 11.8 Å². The van der Waals surface area contributed by atoms with Crippen LogP contribution in [-0.4, -0.2) is 44.8 Å². The van der Waals surface area contributed by atoms with Gasteiger partial charge in [-0.3, -0.25) is 4.79 Å². The van der Waals surface area contributed by atoms with E-state index < -0.39 is 24.2 Å². The fourth-order valence-corrected chi connectivity index (χ4v) is 2.79. The minimum absolute atomic E-state index is 0.0374. The van der Waals surface area contributed by atoms with Crippen LogP contribution in [0.2, 0.25) is 0 Å². The van der Waals surface area contributed by atoms with Crippen LogP contribution in [0.1, 0.15) is 33.6 Å². The van der Waals surface area contributed by atoms with Gasteiger partial charge >= 0.3 is 5.97 Å². The van der Waals surface area contributed by atoms with Crippen LogP contribution in [0.4, 0.5) is 4.39 Å². The minimum Gasteiger partial charge on any atom is -0.494 e. The van der Waals surface area contributed by atoms with Gasteiger partial charge in [0, 0.05) is 12.2 Å². The second-order valence-electron chi connectivity index (χ2n) is 6.32. The molecule has 1 aliphatic rings. The number of hydrogen-bond donors (Lipinski definition) is 0. The summed E-state index contributed by atoms with van der Waals surface area (Å²) in [5.74, 6) is -1.15. The number of ketones is 1. The molecule has 0 bridgehead atoms. The van der Waals surface area contributed by atoms with Crippen molar-refractivity contribution in [1.82, 2.24) is 0 Å².